The van der Waals surface area contributed by atoms with Crippen LogP contribution in [0, 0.1) is 5.41 Å². The Morgan fingerprint density at radius 1 is 0.964 bits per heavy atom. The van der Waals surface area contributed by atoms with Crippen LogP contribution >= 0.6 is 11.6 Å². The zero-order chi connectivity index (χ0) is 19.9. The number of hydrogen-bond acceptors (Lipinski definition) is 3. The number of fused-ring (bicyclic) bond motifs is 1. The number of benzene rings is 2. The molecule has 3 nitrogen and oxygen atoms in total. The molecule has 0 atom stereocenters. The maximum Gasteiger partial charge on any atom is 0.165 e. The second-order valence-electron chi connectivity index (χ2n) is 8.05. The third-order valence-electron chi connectivity index (χ3n) is 5.20. The predicted octanol–water partition coefficient (Wildman–Crippen LogP) is 6.23. The van der Waals surface area contributed by atoms with Crippen molar-refractivity contribution in [2.45, 2.75) is 26.7 Å². The smallest absolute Gasteiger partial charge is 0.165 e. The molecule has 2 aromatic carbocycles. The number of pyridine rings is 1. The number of hydrogen-bond donors (Lipinski definition) is 0. The molecule has 0 spiro atoms. The van der Waals surface area contributed by atoms with Crippen LogP contribution < -0.4 is 4.74 Å². The number of Topliss-reactive ketones (excluding diaryl/α,β-unsaturated/α-hetero) is 1. The van der Waals surface area contributed by atoms with Gasteiger partial charge in [-0.3, -0.25) is 9.78 Å². The lowest BCUT2D eigenvalue weighted by Crippen LogP contribution is -2.28. The Labute approximate surface area is 170 Å². The fourth-order valence-electron chi connectivity index (χ4n) is 3.84. The van der Waals surface area contributed by atoms with E-state index in [-0.39, 0.29) is 11.2 Å². The molecule has 1 aliphatic carbocycles. The van der Waals surface area contributed by atoms with E-state index in [1.807, 2.05) is 54.6 Å². The Kier molecular flexibility index (Phi) is 4.72. The first-order valence-electron chi connectivity index (χ1n) is 9.34. The van der Waals surface area contributed by atoms with E-state index in [0.29, 0.717) is 11.4 Å². The molecule has 3 aromatic rings. The minimum Gasteiger partial charge on any atom is -0.497 e. The van der Waals surface area contributed by atoms with Crippen LogP contribution in [0.1, 0.15) is 36.3 Å². The molecule has 0 saturated carbocycles. The van der Waals surface area contributed by atoms with Gasteiger partial charge in [-0.15, -0.1) is 0 Å². The maximum absolute atomic E-state index is 13.0. The van der Waals surface area contributed by atoms with E-state index in [1.165, 1.54) is 0 Å². The quantitative estimate of drug-likeness (QED) is 0.531. The van der Waals surface area contributed by atoms with Crippen LogP contribution in [-0.2, 0) is 6.42 Å². The summed E-state index contributed by atoms with van der Waals surface area (Å²) in [6, 6.07) is 17.5. The molecular weight excluding hydrogens is 370 g/mol. The first kappa shape index (κ1) is 18.7. The van der Waals surface area contributed by atoms with Gasteiger partial charge in [-0.2, -0.15) is 0 Å². The molecule has 28 heavy (non-hydrogen) atoms. The number of carbonyl (C=O) groups is 1. The van der Waals surface area contributed by atoms with Crippen LogP contribution in [0.15, 0.2) is 54.6 Å². The molecule has 0 saturated heterocycles. The van der Waals surface area contributed by atoms with Gasteiger partial charge in [0.25, 0.3) is 0 Å². The molecule has 0 bridgehead atoms. The van der Waals surface area contributed by atoms with Crippen molar-refractivity contribution in [2.24, 2.45) is 5.41 Å². The highest BCUT2D eigenvalue weighted by Gasteiger charge is 2.34. The van der Waals surface area contributed by atoms with Crippen molar-refractivity contribution in [2.75, 3.05) is 7.11 Å². The highest BCUT2D eigenvalue weighted by atomic mass is 35.5. The molecule has 1 aliphatic rings. The summed E-state index contributed by atoms with van der Waals surface area (Å²) in [5.74, 6) is 0.959. The normalized spacial score (nSPS) is 15.2. The van der Waals surface area contributed by atoms with Crippen molar-refractivity contribution in [1.29, 1.82) is 0 Å². The Hall–Kier alpha value is -2.65. The van der Waals surface area contributed by atoms with Crippen LogP contribution in [0.4, 0.5) is 0 Å². The third kappa shape index (κ3) is 3.55. The number of aromatic nitrogens is 1. The highest BCUT2D eigenvalue weighted by molar-refractivity contribution is 6.30. The summed E-state index contributed by atoms with van der Waals surface area (Å²) >= 11 is 6.07. The number of methoxy groups -OCH3 is 1. The molecule has 0 fully saturated rings. The minimum absolute atomic E-state index is 0.0904. The van der Waals surface area contributed by atoms with Crippen LogP contribution in [0.2, 0.25) is 5.02 Å². The molecule has 142 valence electrons. The fourth-order valence-corrected chi connectivity index (χ4v) is 3.97. The number of carbonyl (C=O) groups excluding carboxylic acids is 1. The molecule has 0 unspecified atom stereocenters. The largest absolute Gasteiger partial charge is 0.497 e. The van der Waals surface area contributed by atoms with Gasteiger partial charge >= 0.3 is 0 Å². The molecule has 0 radical (unpaired) electrons. The summed E-state index contributed by atoms with van der Waals surface area (Å²) in [5.41, 5.74) is 5.29. The van der Waals surface area contributed by atoms with Crippen molar-refractivity contribution in [3.05, 3.63) is 70.9 Å². The van der Waals surface area contributed by atoms with Gasteiger partial charge in [0.05, 0.1) is 18.5 Å². The van der Waals surface area contributed by atoms with Crippen molar-refractivity contribution in [3.63, 3.8) is 0 Å². The van der Waals surface area contributed by atoms with E-state index in [4.69, 9.17) is 21.3 Å². The molecule has 4 rings (SSSR count). The van der Waals surface area contributed by atoms with Crippen LogP contribution in [0.5, 0.6) is 5.75 Å². The summed E-state index contributed by atoms with van der Waals surface area (Å²) in [6.45, 7) is 4.25. The molecule has 0 N–H and O–H groups in total. The summed E-state index contributed by atoms with van der Waals surface area (Å²) in [6.07, 6.45) is 1.31. The SMILES string of the molecule is COc1ccc(-c2cc(-c3ccc(Cl)cc3)c3c(n2)CC(C)(C)CC3=O)cc1. The molecule has 0 amide bonds. The Morgan fingerprint density at radius 2 is 1.61 bits per heavy atom. The van der Waals surface area contributed by atoms with E-state index in [1.54, 1.807) is 7.11 Å². The zero-order valence-electron chi connectivity index (χ0n) is 16.3. The van der Waals surface area contributed by atoms with E-state index in [2.05, 4.69) is 13.8 Å². The van der Waals surface area contributed by atoms with E-state index in [9.17, 15) is 4.79 Å². The van der Waals surface area contributed by atoms with E-state index in [0.717, 1.165) is 45.8 Å². The molecule has 1 heterocycles. The Morgan fingerprint density at radius 3 is 2.25 bits per heavy atom. The lowest BCUT2D eigenvalue weighted by atomic mass is 9.74. The monoisotopic (exact) mass is 391 g/mol. The van der Waals surface area contributed by atoms with Crippen molar-refractivity contribution >= 4 is 17.4 Å². The maximum atomic E-state index is 13.0. The number of rotatable bonds is 3. The van der Waals surface area contributed by atoms with Crippen molar-refractivity contribution in [1.82, 2.24) is 4.98 Å². The molecular formula is C24H22ClNO2. The van der Waals surface area contributed by atoms with Crippen LogP contribution in [0.25, 0.3) is 22.4 Å². The number of ether oxygens (including phenoxy) is 1. The van der Waals surface area contributed by atoms with Gasteiger partial charge in [0.15, 0.2) is 5.78 Å². The van der Waals surface area contributed by atoms with Crippen LogP contribution in [0.3, 0.4) is 0 Å². The van der Waals surface area contributed by atoms with Crippen molar-refractivity contribution < 1.29 is 9.53 Å². The number of ketones is 1. The lowest BCUT2D eigenvalue weighted by Gasteiger charge is -2.31. The minimum atomic E-state index is -0.0904. The molecule has 0 aliphatic heterocycles. The second-order valence-corrected chi connectivity index (χ2v) is 8.49. The molecule has 1 aromatic heterocycles. The Bertz CT molecular complexity index is 1040. The van der Waals surface area contributed by atoms with Crippen molar-refractivity contribution in [3.8, 4) is 28.1 Å². The summed E-state index contributed by atoms with van der Waals surface area (Å²) in [7, 11) is 1.65. The number of nitrogens with zero attached hydrogens (tertiary/aromatic N) is 1. The Balaban J connectivity index is 1.92. The van der Waals surface area contributed by atoms with Gasteiger partial charge < -0.3 is 4.74 Å². The van der Waals surface area contributed by atoms with Gasteiger partial charge in [0.1, 0.15) is 5.75 Å². The standard InChI is InChI=1S/C24H22ClNO2/c1-24(2)13-21-23(22(27)14-24)19(15-4-8-17(25)9-5-15)12-20(26-21)16-6-10-18(28-3)11-7-16/h4-12H,13-14H2,1-3H3. The number of halogens is 1. The van der Waals surface area contributed by atoms with Gasteiger partial charge in [0, 0.05) is 22.6 Å². The summed E-state index contributed by atoms with van der Waals surface area (Å²) in [4.78, 5) is 17.9. The average molecular weight is 392 g/mol. The first-order valence-corrected chi connectivity index (χ1v) is 9.71. The molecule has 4 heteroatoms. The average Bonchev–Trinajstić information content (AvgIpc) is 2.66. The topological polar surface area (TPSA) is 39.2 Å². The van der Waals surface area contributed by atoms with Gasteiger partial charge in [-0.25, -0.2) is 0 Å². The third-order valence-corrected chi connectivity index (χ3v) is 5.45. The highest BCUT2D eigenvalue weighted by Crippen LogP contribution is 2.40. The summed E-state index contributed by atoms with van der Waals surface area (Å²) in [5, 5.41) is 0.675. The van der Waals surface area contributed by atoms with Gasteiger partial charge in [-0.05, 0) is 65.4 Å². The first-order chi connectivity index (χ1) is 13.4. The van der Waals surface area contributed by atoms with Gasteiger partial charge in [-0.1, -0.05) is 37.6 Å². The predicted molar refractivity (Wildman–Crippen MR) is 113 cm³/mol. The van der Waals surface area contributed by atoms with E-state index >= 15 is 0 Å². The fraction of sp³-hybridized carbons (Fsp3) is 0.250. The van der Waals surface area contributed by atoms with Crippen LogP contribution in [-0.4, -0.2) is 17.9 Å². The van der Waals surface area contributed by atoms with Gasteiger partial charge in [0.2, 0.25) is 0 Å². The summed E-state index contributed by atoms with van der Waals surface area (Å²) < 4.78 is 5.26. The second kappa shape index (κ2) is 7.06. The zero-order valence-corrected chi connectivity index (χ0v) is 17.0. The lowest BCUT2D eigenvalue weighted by molar-refractivity contribution is 0.0911. The van der Waals surface area contributed by atoms with E-state index < -0.39 is 0 Å².